The van der Waals surface area contributed by atoms with Gasteiger partial charge in [-0.2, -0.15) is 4.98 Å². The highest BCUT2D eigenvalue weighted by atomic mass is 35.5. The van der Waals surface area contributed by atoms with Crippen LogP contribution in [0.4, 0.5) is 0 Å². The number of amides is 1. The van der Waals surface area contributed by atoms with Crippen molar-refractivity contribution in [2.45, 2.75) is 38.8 Å². The van der Waals surface area contributed by atoms with Crippen molar-refractivity contribution >= 4 is 17.5 Å². The Morgan fingerprint density at radius 1 is 1.36 bits per heavy atom. The number of aliphatic hydroxyl groups excluding tert-OH is 1. The van der Waals surface area contributed by atoms with Crippen molar-refractivity contribution in [3.8, 4) is 0 Å². The lowest BCUT2D eigenvalue weighted by Gasteiger charge is -2.11. The summed E-state index contributed by atoms with van der Waals surface area (Å²) in [6, 6.07) is 6.41. The van der Waals surface area contributed by atoms with Gasteiger partial charge in [0.1, 0.15) is 0 Å². The van der Waals surface area contributed by atoms with E-state index in [2.05, 4.69) is 15.5 Å². The second kappa shape index (κ2) is 6.46. The van der Waals surface area contributed by atoms with Crippen molar-refractivity contribution in [3.63, 3.8) is 0 Å². The zero-order valence-corrected chi connectivity index (χ0v) is 13.4. The SMILES string of the molecule is CC(C)(C)c1noc(CNC(=O)[C@@H](O)c2ccc(Cl)cc2)n1. The molecular weight excluding hydrogens is 306 g/mol. The van der Waals surface area contributed by atoms with E-state index in [0.717, 1.165) is 0 Å². The van der Waals surface area contributed by atoms with Crippen molar-refractivity contribution in [2.24, 2.45) is 0 Å². The predicted octanol–water partition coefficient (Wildman–Crippen LogP) is 2.37. The van der Waals surface area contributed by atoms with Gasteiger partial charge in [-0.1, -0.05) is 49.7 Å². The fraction of sp³-hybridized carbons (Fsp3) is 0.400. The number of hydrogen-bond donors (Lipinski definition) is 2. The Kier molecular flexibility index (Phi) is 4.83. The molecule has 0 bridgehead atoms. The Morgan fingerprint density at radius 3 is 2.55 bits per heavy atom. The monoisotopic (exact) mass is 323 g/mol. The Balaban J connectivity index is 1.95. The van der Waals surface area contributed by atoms with Gasteiger partial charge in [0.05, 0.1) is 6.54 Å². The third-order valence-electron chi connectivity index (χ3n) is 2.99. The molecule has 6 nitrogen and oxygen atoms in total. The first-order valence-corrected chi connectivity index (χ1v) is 7.19. The molecule has 0 fully saturated rings. The zero-order valence-electron chi connectivity index (χ0n) is 12.6. The maximum absolute atomic E-state index is 11.9. The van der Waals surface area contributed by atoms with Gasteiger partial charge in [0.15, 0.2) is 11.9 Å². The van der Waals surface area contributed by atoms with Gasteiger partial charge in [-0.05, 0) is 17.7 Å². The van der Waals surface area contributed by atoms with Crippen molar-refractivity contribution < 1.29 is 14.4 Å². The molecule has 2 N–H and O–H groups in total. The van der Waals surface area contributed by atoms with Crippen LogP contribution in [-0.2, 0) is 16.8 Å². The van der Waals surface area contributed by atoms with Gasteiger partial charge in [0.2, 0.25) is 5.89 Å². The smallest absolute Gasteiger partial charge is 0.253 e. The highest BCUT2D eigenvalue weighted by Gasteiger charge is 2.22. The molecule has 1 heterocycles. The number of carbonyl (C=O) groups is 1. The van der Waals surface area contributed by atoms with E-state index in [1.807, 2.05) is 20.8 Å². The fourth-order valence-corrected chi connectivity index (χ4v) is 1.81. The summed E-state index contributed by atoms with van der Waals surface area (Å²) in [6.07, 6.45) is -1.28. The average molecular weight is 324 g/mol. The third kappa shape index (κ3) is 4.05. The molecule has 22 heavy (non-hydrogen) atoms. The summed E-state index contributed by atoms with van der Waals surface area (Å²) in [7, 11) is 0. The summed E-state index contributed by atoms with van der Waals surface area (Å²) >= 11 is 5.77. The van der Waals surface area contributed by atoms with Crippen LogP contribution in [0.15, 0.2) is 28.8 Å². The standard InChI is InChI=1S/C15H18ClN3O3/c1-15(2,3)14-18-11(22-19-14)8-17-13(21)12(20)9-4-6-10(16)7-5-9/h4-7,12,20H,8H2,1-3H3,(H,17,21)/t12-/m0/s1. The molecule has 1 aromatic carbocycles. The number of carbonyl (C=O) groups excluding carboxylic acids is 1. The number of nitrogens with zero attached hydrogens (tertiary/aromatic N) is 2. The highest BCUT2D eigenvalue weighted by molar-refractivity contribution is 6.30. The van der Waals surface area contributed by atoms with E-state index in [0.29, 0.717) is 22.3 Å². The lowest BCUT2D eigenvalue weighted by Crippen LogP contribution is -2.29. The molecule has 0 aliphatic carbocycles. The molecule has 0 spiro atoms. The minimum atomic E-state index is -1.28. The van der Waals surface area contributed by atoms with E-state index in [1.54, 1.807) is 24.3 Å². The molecule has 0 aliphatic rings. The van der Waals surface area contributed by atoms with Crippen LogP contribution in [0.25, 0.3) is 0 Å². The largest absolute Gasteiger partial charge is 0.378 e. The summed E-state index contributed by atoms with van der Waals surface area (Å²) in [6.45, 7) is 5.95. The second-order valence-electron chi connectivity index (χ2n) is 5.93. The molecule has 1 atom stereocenters. The molecule has 0 unspecified atom stereocenters. The second-order valence-corrected chi connectivity index (χ2v) is 6.37. The molecular formula is C15H18ClN3O3. The molecule has 7 heteroatoms. The number of halogens is 1. The van der Waals surface area contributed by atoms with Crippen molar-refractivity contribution in [1.82, 2.24) is 15.5 Å². The van der Waals surface area contributed by atoms with E-state index in [1.165, 1.54) is 0 Å². The van der Waals surface area contributed by atoms with Crippen LogP contribution < -0.4 is 5.32 Å². The van der Waals surface area contributed by atoms with Crippen LogP contribution in [0.3, 0.4) is 0 Å². The number of hydrogen-bond acceptors (Lipinski definition) is 5. The van der Waals surface area contributed by atoms with Crippen LogP contribution in [-0.4, -0.2) is 21.2 Å². The van der Waals surface area contributed by atoms with Crippen molar-refractivity contribution in [2.75, 3.05) is 0 Å². The van der Waals surface area contributed by atoms with Crippen LogP contribution in [0, 0.1) is 0 Å². The maximum Gasteiger partial charge on any atom is 0.253 e. The maximum atomic E-state index is 11.9. The minimum Gasteiger partial charge on any atom is -0.378 e. The van der Waals surface area contributed by atoms with E-state index < -0.39 is 12.0 Å². The number of rotatable bonds is 4. The van der Waals surface area contributed by atoms with Gasteiger partial charge >= 0.3 is 0 Å². The van der Waals surface area contributed by atoms with E-state index >= 15 is 0 Å². The molecule has 0 radical (unpaired) electrons. The van der Waals surface area contributed by atoms with Gasteiger partial charge in [0, 0.05) is 10.4 Å². The van der Waals surface area contributed by atoms with Crippen LogP contribution in [0.1, 0.15) is 44.2 Å². The summed E-state index contributed by atoms with van der Waals surface area (Å²) in [5, 5.41) is 16.9. The van der Waals surface area contributed by atoms with E-state index in [9.17, 15) is 9.90 Å². The average Bonchev–Trinajstić information content (AvgIpc) is 2.94. The molecule has 1 aromatic heterocycles. The number of aliphatic hydroxyl groups is 1. The van der Waals surface area contributed by atoms with Crippen LogP contribution in [0.5, 0.6) is 0 Å². The molecule has 1 amide bonds. The molecule has 2 rings (SSSR count). The lowest BCUT2D eigenvalue weighted by molar-refractivity contribution is -0.129. The first-order valence-electron chi connectivity index (χ1n) is 6.81. The molecule has 0 saturated carbocycles. The molecule has 0 aliphatic heterocycles. The molecule has 2 aromatic rings. The Bertz CT molecular complexity index is 647. The summed E-state index contributed by atoms with van der Waals surface area (Å²) in [5.74, 6) is 0.314. The van der Waals surface area contributed by atoms with Gasteiger partial charge in [-0.3, -0.25) is 4.79 Å². The Labute approximate surface area is 133 Å². The predicted molar refractivity (Wildman–Crippen MR) is 81.3 cm³/mol. The van der Waals surface area contributed by atoms with Gasteiger partial charge in [-0.15, -0.1) is 0 Å². The Morgan fingerprint density at radius 2 is 2.00 bits per heavy atom. The molecule has 0 saturated heterocycles. The summed E-state index contributed by atoms with van der Waals surface area (Å²) in [5.41, 5.74) is 0.233. The first-order chi connectivity index (χ1) is 10.3. The molecule has 118 valence electrons. The minimum absolute atomic E-state index is 0.0621. The zero-order chi connectivity index (χ0) is 16.3. The number of benzene rings is 1. The third-order valence-corrected chi connectivity index (χ3v) is 3.24. The van der Waals surface area contributed by atoms with Gasteiger partial charge < -0.3 is 14.9 Å². The first kappa shape index (κ1) is 16.5. The van der Waals surface area contributed by atoms with E-state index in [4.69, 9.17) is 16.1 Å². The quantitative estimate of drug-likeness (QED) is 0.901. The normalized spacial score (nSPS) is 13.0. The summed E-state index contributed by atoms with van der Waals surface area (Å²) < 4.78 is 5.07. The highest BCUT2D eigenvalue weighted by Crippen LogP contribution is 2.19. The van der Waals surface area contributed by atoms with E-state index in [-0.39, 0.29) is 12.0 Å². The lowest BCUT2D eigenvalue weighted by atomic mass is 9.96. The van der Waals surface area contributed by atoms with Gasteiger partial charge in [-0.25, -0.2) is 0 Å². The summed E-state index contributed by atoms with van der Waals surface area (Å²) in [4.78, 5) is 16.1. The van der Waals surface area contributed by atoms with Gasteiger partial charge in [0.25, 0.3) is 5.91 Å². The topological polar surface area (TPSA) is 88.2 Å². The number of nitrogens with one attached hydrogen (secondary N) is 1. The van der Waals surface area contributed by atoms with Crippen LogP contribution in [0.2, 0.25) is 5.02 Å². The number of aromatic nitrogens is 2. The van der Waals surface area contributed by atoms with Crippen LogP contribution >= 0.6 is 11.6 Å². The van der Waals surface area contributed by atoms with Crippen molar-refractivity contribution in [1.29, 1.82) is 0 Å². The fourth-order valence-electron chi connectivity index (χ4n) is 1.69. The Hall–Kier alpha value is -1.92. The van der Waals surface area contributed by atoms with Crippen molar-refractivity contribution in [3.05, 3.63) is 46.6 Å².